The van der Waals surface area contributed by atoms with Crippen LogP contribution in [0, 0.1) is 6.92 Å². The van der Waals surface area contributed by atoms with E-state index in [4.69, 9.17) is 9.84 Å². The van der Waals surface area contributed by atoms with E-state index in [-0.39, 0.29) is 0 Å². The van der Waals surface area contributed by atoms with Crippen molar-refractivity contribution in [1.82, 2.24) is 9.91 Å². The molecule has 0 N–H and O–H groups in total. The average molecular weight is 400 g/mol. The van der Waals surface area contributed by atoms with Gasteiger partial charge in [-0.1, -0.05) is 72.3 Å². The Morgan fingerprint density at radius 1 is 0.833 bits per heavy atom. The highest BCUT2D eigenvalue weighted by atomic mass is 16.5. The number of hydrogen-bond donors (Lipinski definition) is 0. The van der Waals surface area contributed by atoms with Crippen molar-refractivity contribution in [3.05, 3.63) is 101 Å². The molecule has 4 heteroatoms. The summed E-state index contributed by atoms with van der Waals surface area (Å²) in [4.78, 5) is 2.49. The maximum absolute atomic E-state index is 5.92. The molecular formula is C26H29N3O. The SMILES string of the molecule is Cc1ccc(CN2CCN(N=Cc3cccc(OCc4ccccc4)c3)CC2)cc1. The zero-order valence-corrected chi connectivity index (χ0v) is 17.6. The van der Waals surface area contributed by atoms with Crippen LogP contribution in [0.3, 0.4) is 0 Å². The van der Waals surface area contributed by atoms with E-state index < -0.39 is 0 Å². The lowest BCUT2D eigenvalue weighted by molar-refractivity contribution is 0.131. The normalized spacial score (nSPS) is 14.9. The van der Waals surface area contributed by atoms with Gasteiger partial charge in [0.25, 0.3) is 0 Å². The topological polar surface area (TPSA) is 28.1 Å². The van der Waals surface area contributed by atoms with Gasteiger partial charge in [-0.05, 0) is 35.7 Å². The molecule has 0 unspecified atom stereocenters. The molecule has 0 saturated carbocycles. The van der Waals surface area contributed by atoms with E-state index in [0.717, 1.165) is 44.0 Å². The molecule has 1 saturated heterocycles. The molecule has 0 amide bonds. The Labute approximate surface area is 179 Å². The minimum Gasteiger partial charge on any atom is -0.489 e. The summed E-state index contributed by atoms with van der Waals surface area (Å²) in [6.07, 6.45) is 1.94. The van der Waals surface area contributed by atoms with Crippen molar-refractivity contribution >= 4 is 6.21 Å². The Kier molecular flexibility index (Phi) is 6.78. The summed E-state index contributed by atoms with van der Waals surface area (Å²) < 4.78 is 5.92. The molecule has 0 bridgehead atoms. The third-order valence-electron chi connectivity index (χ3n) is 5.35. The zero-order chi connectivity index (χ0) is 20.6. The smallest absolute Gasteiger partial charge is 0.120 e. The molecule has 0 spiro atoms. The monoisotopic (exact) mass is 399 g/mol. The molecule has 4 nitrogen and oxygen atoms in total. The molecule has 3 aromatic rings. The van der Waals surface area contributed by atoms with Gasteiger partial charge in [0.15, 0.2) is 0 Å². The van der Waals surface area contributed by atoms with Crippen LogP contribution in [0.5, 0.6) is 5.75 Å². The second kappa shape index (κ2) is 10.1. The molecule has 1 aliphatic rings. The third kappa shape index (κ3) is 5.94. The van der Waals surface area contributed by atoms with E-state index in [1.165, 1.54) is 16.7 Å². The lowest BCUT2D eigenvalue weighted by Gasteiger charge is -2.33. The number of nitrogens with zero attached hydrogens (tertiary/aromatic N) is 3. The van der Waals surface area contributed by atoms with E-state index in [1.807, 2.05) is 42.6 Å². The molecule has 1 fully saturated rings. The first-order chi connectivity index (χ1) is 14.7. The molecule has 4 rings (SSSR count). The van der Waals surface area contributed by atoms with Crippen molar-refractivity contribution in [2.75, 3.05) is 26.2 Å². The van der Waals surface area contributed by atoms with E-state index in [2.05, 4.69) is 59.3 Å². The molecule has 0 aromatic heterocycles. The number of ether oxygens (including phenoxy) is 1. The van der Waals surface area contributed by atoms with E-state index in [9.17, 15) is 0 Å². The largest absolute Gasteiger partial charge is 0.489 e. The Bertz CT molecular complexity index is 946. The summed E-state index contributed by atoms with van der Waals surface area (Å²) in [5.74, 6) is 0.866. The van der Waals surface area contributed by atoms with Gasteiger partial charge in [0.1, 0.15) is 12.4 Å². The fourth-order valence-electron chi connectivity index (χ4n) is 3.54. The molecule has 0 atom stereocenters. The lowest BCUT2D eigenvalue weighted by Crippen LogP contribution is -2.43. The van der Waals surface area contributed by atoms with Crippen LogP contribution < -0.4 is 4.74 Å². The summed E-state index contributed by atoms with van der Waals surface area (Å²) in [7, 11) is 0. The summed E-state index contributed by atoms with van der Waals surface area (Å²) in [5.41, 5.74) is 4.92. The molecule has 3 aromatic carbocycles. The van der Waals surface area contributed by atoms with Crippen LogP contribution in [0.25, 0.3) is 0 Å². The van der Waals surface area contributed by atoms with Gasteiger partial charge in [0, 0.05) is 32.7 Å². The lowest BCUT2D eigenvalue weighted by atomic mass is 10.1. The minimum absolute atomic E-state index is 0.574. The van der Waals surface area contributed by atoms with Crippen molar-refractivity contribution in [3.8, 4) is 5.75 Å². The molecule has 1 aliphatic heterocycles. The van der Waals surface area contributed by atoms with Crippen molar-refractivity contribution in [2.45, 2.75) is 20.1 Å². The second-order valence-electron chi connectivity index (χ2n) is 7.81. The van der Waals surface area contributed by atoms with Crippen molar-refractivity contribution in [2.24, 2.45) is 5.10 Å². The minimum atomic E-state index is 0.574. The summed E-state index contributed by atoms with van der Waals surface area (Å²) in [5, 5.41) is 6.85. The van der Waals surface area contributed by atoms with E-state index in [0.29, 0.717) is 6.61 Å². The summed E-state index contributed by atoms with van der Waals surface area (Å²) in [6, 6.07) is 27.2. The Balaban J connectivity index is 1.25. The zero-order valence-electron chi connectivity index (χ0n) is 17.6. The fraction of sp³-hybridized carbons (Fsp3) is 0.269. The highest BCUT2D eigenvalue weighted by molar-refractivity contribution is 5.79. The van der Waals surface area contributed by atoms with Gasteiger partial charge in [-0.15, -0.1) is 0 Å². The van der Waals surface area contributed by atoms with Crippen LogP contribution in [-0.2, 0) is 13.2 Å². The number of hydrogen-bond acceptors (Lipinski definition) is 4. The number of rotatable bonds is 7. The average Bonchev–Trinajstić information content (AvgIpc) is 2.80. The van der Waals surface area contributed by atoms with Crippen molar-refractivity contribution < 1.29 is 4.74 Å². The van der Waals surface area contributed by atoms with Crippen LogP contribution >= 0.6 is 0 Å². The summed E-state index contributed by atoms with van der Waals surface area (Å²) in [6.45, 7) is 7.69. The highest BCUT2D eigenvalue weighted by Crippen LogP contribution is 2.15. The standard InChI is InChI=1S/C26H29N3O/c1-22-10-12-23(13-11-22)20-28-14-16-29(17-15-28)27-19-25-8-5-9-26(18-25)30-21-24-6-3-2-4-7-24/h2-13,18-19H,14-17,20-21H2,1H3. The predicted octanol–water partition coefficient (Wildman–Crippen LogP) is 4.73. The quantitative estimate of drug-likeness (QED) is 0.538. The Morgan fingerprint density at radius 2 is 1.60 bits per heavy atom. The van der Waals surface area contributed by atoms with E-state index in [1.54, 1.807) is 0 Å². The Morgan fingerprint density at radius 3 is 2.37 bits per heavy atom. The maximum Gasteiger partial charge on any atom is 0.120 e. The van der Waals surface area contributed by atoms with Gasteiger partial charge in [-0.2, -0.15) is 5.10 Å². The number of piperazine rings is 1. The Hall–Kier alpha value is -3.11. The fourth-order valence-corrected chi connectivity index (χ4v) is 3.54. The number of hydrazone groups is 1. The number of benzene rings is 3. The van der Waals surface area contributed by atoms with Crippen molar-refractivity contribution in [1.29, 1.82) is 0 Å². The molecule has 154 valence electrons. The second-order valence-corrected chi connectivity index (χ2v) is 7.81. The number of aryl methyl sites for hydroxylation is 1. The van der Waals surface area contributed by atoms with Gasteiger partial charge in [0.2, 0.25) is 0 Å². The van der Waals surface area contributed by atoms with Gasteiger partial charge in [-0.3, -0.25) is 9.91 Å². The van der Waals surface area contributed by atoms with Crippen LogP contribution in [0.15, 0.2) is 84.0 Å². The molecule has 30 heavy (non-hydrogen) atoms. The van der Waals surface area contributed by atoms with Crippen LogP contribution in [-0.4, -0.2) is 42.3 Å². The van der Waals surface area contributed by atoms with Gasteiger partial charge < -0.3 is 4.74 Å². The van der Waals surface area contributed by atoms with Crippen LogP contribution in [0.1, 0.15) is 22.3 Å². The van der Waals surface area contributed by atoms with Crippen LogP contribution in [0.4, 0.5) is 0 Å². The van der Waals surface area contributed by atoms with Crippen LogP contribution in [0.2, 0.25) is 0 Å². The molecule has 1 heterocycles. The van der Waals surface area contributed by atoms with E-state index >= 15 is 0 Å². The molecule has 0 radical (unpaired) electrons. The first kappa shape index (κ1) is 20.2. The first-order valence-corrected chi connectivity index (χ1v) is 10.6. The van der Waals surface area contributed by atoms with Gasteiger partial charge >= 0.3 is 0 Å². The molecule has 0 aliphatic carbocycles. The summed E-state index contributed by atoms with van der Waals surface area (Å²) >= 11 is 0. The van der Waals surface area contributed by atoms with Gasteiger partial charge in [-0.25, -0.2) is 0 Å². The van der Waals surface area contributed by atoms with Gasteiger partial charge in [0.05, 0.1) is 6.21 Å². The predicted molar refractivity (Wildman–Crippen MR) is 123 cm³/mol. The van der Waals surface area contributed by atoms with Crippen molar-refractivity contribution in [3.63, 3.8) is 0 Å². The first-order valence-electron chi connectivity index (χ1n) is 10.6. The third-order valence-corrected chi connectivity index (χ3v) is 5.35. The highest BCUT2D eigenvalue weighted by Gasteiger charge is 2.15. The molecular weight excluding hydrogens is 370 g/mol. The maximum atomic E-state index is 5.92.